The molecule has 2 fully saturated rings. The van der Waals surface area contributed by atoms with Crippen LogP contribution in [0.4, 0.5) is 0 Å². The number of aliphatic hydroxyl groups excluding tert-OH is 1. The molecule has 3 rings (SSSR count). The Morgan fingerprint density at radius 2 is 2.16 bits per heavy atom. The minimum Gasteiger partial charge on any atom is -0.393 e. The van der Waals surface area contributed by atoms with Crippen molar-refractivity contribution in [3.8, 4) is 0 Å². The van der Waals surface area contributed by atoms with E-state index >= 15 is 0 Å². The standard InChI is InChI=1S/C14H15ClINO2/c15-11-5-8(1-3-12(11)16)14(19)17-6-9-2-4-13(18)10(9)7-17/h1,3,5,9-10,13,18H,2,4,6-7H2. The molecule has 1 aromatic rings. The second-order valence-corrected chi connectivity index (χ2v) is 6.98. The van der Waals surface area contributed by atoms with Gasteiger partial charge in [0.05, 0.1) is 11.1 Å². The minimum atomic E-state index is -0.233. The number of carbonyl (C=O) groups is 1. The van der Waals surface area contributed by atoms with Crippen LogP contribution in [0.5, 0.6) is 0 Å². The van der Waals surface area contributed by atoms with Crippen LogP contribution in [0.3, 0.4) is 0 Å². The summed E-state index contributed by atoms with van der Waals surface area (Å²) in [5.41, 5.74) is 0.639. The summed E-state index contributed by atoms with van der Waals surface area (Å²) in [6.07, 6.45) is 1.68. The lowest BCUT2D eigenvalue weighted by Gasteiger charge is -2.18. The van der Waals surface area contributed by atoms with E-state index in [0.29, 0.717) is 23.0 Å². The van der Waals surface area contributed by atoms with Crippen LogP contribution in [0, 0.1) is 15.4 Å². The number of hydrogen-bond donors (Lipinski definition) is 1. The first-order valence-electron chi connectivity index (χ1n) is 6.48. The molecule has 3 atom stereocenters. The zero-order valence-electron chi connectivity index (χ0n) is 10.4. The highest BCUT2D eigenvalue weighted by Gasteiger charge is 2.43. The summed E-state index contributed by atoms with van der Waals surface area (Å²) in [4.78, 5) is 14.3. The fraction of sp³-hybridized carbons (Fsp3) is 0.500. The summed E-state index contributed by atoms with van der Waals surface area (Å²) in [5.74, 6) is 0.765. The van der Waals surface area contributed by atoms with Gasteiger partial charge in [0.2, 0.25) is 0 Å². The third-order valence-corrected chi connectivity index (χ3v) is 5.85. The fourth-order valence-corrected chi connectivity index (χ4v) is 3.73. The van der Waals surface area contributed by atoms with Crippen LogP contribution in [0.25, 0.3) is 0 Å². The van der Waals surface area contributed by atoms with Crippen molar-refractivity contribution < 1.29 is 9.90 Å². The van der Waals surface area contributed by atoms with E-state index in [1.165, 1.54) is 0 Å². The number of amides is 1. The van der Waals surface area contributed by atoms with E-state index in [-0.39, 0.29) is 17.9 Å². The zero-order valence-corrected chi connectivity index (χ0v) is 13.3. The van der Waals surface area contributed by atoms with Crippen LogP contribution in [0.2, 0.25) is 5.02 Å². The van der Waals surface area contributed by atoms with E-state index in [1.807, 2.05) is 17.0 Å². The third-order valence-electron chi connectivity index (χ3n) is 4.27. The van der Waals surface area contributed by atoms with Crippen LogP contribution in [-0.4, -0.2) is 35.1 Å². The first-order valence-corrected chi connectivity index (χ1v) is 7.94. The first-order chi connectivity index (χ1) is 9.06. The van der Waals surface area contributed by atoms with Gasteiger partial charge in [-0.05, 0) is 59.5 Å². The van der Waals surface area contributed by atoms with Crippen LogP contribution >= 0.6 is 34.2 Å². The molecule has 1 aliphatic heterocycles. The summed E-state index contributed by atoms with van der Waals surface area (Å²) in [6, 6.07) is 5.42. The summed E-state index contributed by atoms with van der Waals surface area (Å²) >= 11 is 8.21. The van der Waals surface area contributed by atoms with Crippen molar-refractivity contribution in [2.24, 2.45) is 11.8 Å². The van der Waals surface area contributed by atoms with Crippen molar-refractivity contribution in [1.29, 1.82) is 0 Å². The maximum absolute atomic E-state index is 12.4. The lowest BCUT2D eigenvalue weighted by molar-refractivity contribution is 0.0752. The van der Waals surface area contributed by atoms with E-state index in [1.54, 1.807) is 6.07 Å². The van der Waals surface area contributed by atoms with Crippen molar-refractivity contribution in [3.05, 3.63) is 32.4 Å². The van der Waals surface area contributed by atoms with Gasteiger partial charge in [-0.15, -0.1) is 0 Å². The average Bonchev–Trinajstić information content (AvgIpc) is 2.95. The van der Waals surface area contributed by atoms with Crippen LogP contribution in [-0.2, 0) is 0 Å². The fourth-order valence-electron chi connectivity index (χ4n) is 3.21. The molecule has 2 aliphatic rings. The Balaban J connectivity index is 1.76. The van der Waals surface area contributed by atoms with Crippen molar-refractivity contribution in [2.45, 2.75) is 18.9 Å². The number of benzene rings is 1. The molecule has 1 saturated heterocycles. The van der Waals surface area contributed by atoms with Crippen molar-refractivity contribution in [3.63, 3.8) is 0 Å². The maximum atomic E-state index is 12.4. The average molecular weight is 392 g/mol. The molecular weight excluding hydrogens is 377 g/mol. The molecule has 1 amide bonds. The van der Waals surface area contributed by atoms with Crippen LogP contribution in [0.1, 0.15) is 23.2 Å². The van der Waals surface area contributed by atoms with Gasteiger partial charge in [0, 0.05) is 28.1 Å². The number of halogens is 2. The molecular formula is C14H15ClINO2. The predicted molar refractivity (Wildman–Crippen MR) is 82.3 cm³/mol. The van der Waals surface area contributed by atoms with E-state index in [9.17, 15) is 9.90 Å². The SMILES string of the molecule is O=C(c1ccc(I)c(Cl)c1)N1CC2CCC(O)C2C1. The molecule has 1 N–H and O–H groups in total. The van der Waals surface area contributed by atoms with Gasteiger partial charge in [-0.3, -0.25) is 4.79 Å². The highest BCUT2D eigenvalue weighted by molar-refractivity contribution is 14.1. The maximum Gasteiger partial charge on any atom is 0.253 e. The summed E-state index contributed by atoms with van der Waals surface area (Å²) in [7, 11) is 0. The van der Waals surface area contributed by atoms with Crippen molar-refractivity contribution in [1.82, 2.24) is 4.90 Å². The van der Waals surface area contributed by atoms with E-state index in [2.05, 4.69) is 22.6 Å². The molecule has 0 radical (unpaired) electrons. The van der Waals surface area contributed by atoms with E-state index in [4.69, 9.17) is 11.6 Å². The third kappa shape index (κ3) is 2.50. The molecule has 0 aromatic heterocycles. The Morgan fingerprint density at radius 3 is 2.84 bits per heavy atom. The topological polar surface area (TPSA) is 40.5 Å². The lowest BCUT2D eigenvalue weighted by Crippen LogP contribution is -2.31. The smallest absolute Gasteiger partial charge is 0.253 e. The van der Waals surface area contributed by atoms with Gasteiger partial charge in [0.25, 0.3) is 5.91 Å². The molecule has 1 aliphatic carbocycles. The number of likely N-dealkylation sites (tertiary alicyclic amines) is 1. The second kappa shape index (κ2) is 5.22. The second-order valence-electron chi connectivity index (χ2n) is 5.41. The molecule has 1 saturated carbocycles. The number of hydrogen-bond acceptors (Lipinski definition) is 2. The van der Waals surface area contributed by atoms with E-state index < -0.39 is 0 Å². The Kier molecular flexibility index (Phi) is 3.75. The summed E-state index contributed by atoms with van der Waals surface area (Å²) in [5, 5.41) is 10.5. The number of carbonyl (C=O) groups excluding carboxylic acids is 1. The molecule has 1 heterocycles. The number of nitrogens with zero attached hydrogens (tertiary/aromatic N) is 1. The molecule has 19 heavy (non-hydrogen) atoms. The molecule has 1 aromatic carbocycles. The van der Waals surface area contributed by atoms with Gasteiger partial charge < -0.3 is 10.0 Å². The predicted octanol–water partition coefficient (Wildman–Crippen LogP) is 2.79. The monoisotopic (exact) mass is 391 g/mol. The Bertz CT molecular complexity index is 522. The highest BCUT2D eigenvalue weighted by Crippen LogP contribution is 2.38. The van der Waals surface area contributed by atoms with Gasteiger partial charge in [0.15, 0.2) is 0 Å². The van der Waals surface area contributed by atoms with E-state index in [0.717, 1.165) is 23.0 Å². The largest absolute Gasteiger partial charge is 0.393 e. The molecule has 0 spiro atoms. The highest BCUT2D eigenvalue weighted by atomic mass is 127. The molecule has 5 heteroatoms. The molecule has 3 nitrogen and oxygen atoms in total. The molecule has 102 valence electrons. The lowest BCUT2D eigenvalue weighted by atomic mass is 10.00. The number of aliphatic hydroxyl groups is 1. The minimum absolute atomic E-state index is 0.0277. The van der Waals surface area contributed by atoms with Gasteiger partial charge in [0.1, 0.15) is 0 Å². The first kappa shape index (κ1) is 13.6. The number of rotatable bonds is 1. The molecule has 0 bridgehead atoms. The van der Waals surface area contributed by atoms with Crippen molar-refractivity contribution >= 4 is 40.1 Å². The van der Waals surface area contributed by atoms with Crippen molar-refractivity contribution in [2.75, 3.05) is 13.1 Å². The normalized spacial score (nSPS) is 29.6. The quantitative estimate of drug-likeness (QED) is 0.748. The van der Waals surface area contributed by atoms with Gasteiger partial charge in [-0.2, -0.15) is 0 Å². The van der Waals surface area contributed by atoms with Crippen LogP contribution in [0.15, 0.2) is 18.2 Å². The summed E-state index contributed by atoms with van der Waals surface area (Å²) in [6.45, 7) is 1.44. The van der Waals surface area contributed by atoms with Gasteiger partial charge in [-0.25, -0.2) is 0 Å². The van der Waals surface area contributed by atoms with Crippen LogP contribution < -0.4 is 0 Å². The Labute approximate surface area is 131 Å². The Morgan fingerprint density at radius 1 is 1.37 bits per heavy atom. The molecule has 3 unspecified atom stereocenters. The number of fused-ring (bicyclic) bond motifs is 1. The zero-order chi connectivity index (χ0) is 13.6. The summed E-state index contributed by atoms with van der Waals surface area (Å²) < 4.78 is 0.949. The van der Waals surface area contributed by atoms with Gasteiger partial charge in [-0.1, -0.05) is 11.6 Å². The van der Waals surface area contributed by atoms with Gasteiger partial charge >= 0.3 is 0 Å². The Hall–Kier alpha value is -0.330.